The SMILES string of the molecule is CCCCc1ncc2cc(F)ccc2c1F.Cl. The fourth-order valence-electron chi connectivity index (χ4n) is 1.72. The molecule has 0 aliphatic rings. The average Bonchev–Trinajstić information content (AvgIpc) is 2.28. The number of unbranched alkanes of at least 4 members (excludes halogenated alkanes) is 1. The molecule has 0 fully saturated rings. The quantitative estimate of drug-likeness (QED) is 0.800. The minimum absolute atomic E-state index is 0. The minimum atomic E-state index is -0.366. The van der Waals surface area contributed by atoms with Crippen LogP contribution in [0.5, 0.6) is 0 Å². The van der Waals surface area contributed by atoms with Gasteiger partial charge < -0.3 is 0 Å². The topological polar surface area (TPSA) is 12.9 Å². The van der Waals surface area contributed by atoms with Crippen molar-refractivity contribution in [2.75, 3.05) is 0 Å². The Morgan fingerprint density at radius 2 is 2.00 bits per heavy atom. The van der Waals surface area contributed by atoms with Crippen molar-refractivity contribution >= 4 is 23.2 Å². The van der Waals surface area contributed by atoms with Crippen molar-refractivity contribution in [3.63, 3.8) is 0 Å². The van der Waals surface area contributed by atoms with E-state index < -0.39 is 0 Å². The molecule has 0 unspecified atom stereocenters. The van der Waals surface area contributed by atoms with Gasteiger partial charge in [-0.05, 0) is 31.0 Å². The summed E-state index contributed by atoms with van der Waals surface area (Å²) in [6, 6.07) is 4.04. The van der Waals surface area contributed by atoms with E-state index in [9.17, 15) is 8.78 Å². The molecule has 2 aromatic rings. The number of pyridine rings is 1. The molecule has 17 heavy (non-hydrogen) atoms. The number of halogens is 3. The second-order valence-electron chi connectivity index (χ2n) is 3.85. The third-order valence-electron chi connectivity index (χ3n) is 2.63. The molecule has 0 radical (unpaired) electrons. The Morgan fingerprint density at radius 1 is 1.24 bits per heavy atom. The van der Waals surface area contributed by atoms with Gasteiger partial charge in [0.05, 0.1) is 5.69 Å². The number of hydrogen-bond donors (Lipinski definition) is 0. The maximum absolute atomic E-state index is 13.9. The Bertz CT molecular complexity index is 514. The van der Waals surface area contributed by atoms with Crippen LogP contribution in [0.4, 0.5) is 8.78 Å². The molecule has 4 heteroatoms. The molecule has 1 nitrogen and oxygen atoms in total. The monoisotopic (exact) mass is 257 g/mol. The second-order valence-corrected chi connectivity index (χ2v) is 3.85. The Hall–Kier alpha value is -1.22. The maximum Gasteiger partial charge on any atom is 0.152 e. The minimum Gasteiger partial charge on any atom is -0.258 e. The van der Waals surface area contributed by atoms with Crippen LogP contribution in [0.15, 0.2) is 24.4 Å². The molecule has 0 saturated heterocycles. The molecule has 0 saturated carbocycles. The first-order valence-corrected chi connectivity index (χ1v) is 5.45. The van der Waals surface area contributed by atoms with Gasteiger partial charge in [-0.3, -0.25) is 4.98 Å². The van der Waals surface area contributed by atoms with Gasteiger partial charge in [0.1, 0.15) is 5.82 Å². The van der Waals surface area contributed by atoms with E-state index in [2.05, 4.69) is 4.98 Å². The zero-order chi connectivity index (χ0) is 11.5. The van der Waals surface area contributed by atoms with E-state index >= 15 is 0 Å². The third-order valence-corrected chi connectivity index (χ3v) is 2.63. The molecule has 0 amide bonds. The first-order valence-electron chi connectivity index (χ1n) is 5.45. The zero-order valence-corrected chi connectivity index (χ0v) is 10.4. The summed E-state index contributed by atoms with van der Waals surface area (Å²) < 4.78 is 26.9. The van der Waals surface area contributed by atoms with Gasteiger partial charge in [0.2, 0.25) is 0 Å². The molecular weight excluding hydrogens is 244 g/mol. The van der Waals surface area contributed by atoms with Crippen molar-refractivity contribution in [1.29, 1.82) is 0 Å². The van der Waals surface area contributed by atoms with Crippen LogP contribution in [-0.4, -0.2) is 4.98 Å². The van der Waals surface area contributed by atoms with Crippen LogP contribution in [0.25, 0.3) is 10.8 Å². The number of aromatic nitrogens is 1. The van der Waals surface area contributed by atoms with Gasteiger partial charge in [-0.2, -0.15) is 0 Å². The lowest BCUT2D eigenvalue weighted by Gasteiger charge is -2.05. The van der Waals surface area contributed by atoms with Gasteiger partial charge in [-0.1, -0.05) is 13.3 Å². The van der Waals surface area contributed by atoms with Gasteiger partial charge in [0, 0.05) is 17.0 Å². The van der Waals surface area contributed by atoms with Crippen molar-refractivity contribution in [3.8, 4) is 0 Å². The summed E-state index contributed by atoms with van der Waals surface area (Å²) in [6.07, 6.45) is 4.08. The predicted octanol–water partition coefficient (Wildman–Crippen LogP) is 4.28. The normalized spacial score (nSPS) is 10.3. The summed E-state index contributed by atoms with van der Waals surface area (Å²) in [5.74, 6) is -0.680. The molecule has 0 atom stereocenters. The highest BCUT2D eigenvalue weighted by molar-refractivity contribution is 5.85. The first kappa shape index (κ1) is 13.8. The molecule has 1 aromatic heterocycles. The predicted molar refractivity (Wildman–Crippen MR) is 67.5 cm³/mol. The molecule has 0 N–H and O–H groups in total. The van der Waals surface area contributed by atoms with E-state index in [4.69, 9.17) is 0 Å². The smallest absolute Gasteiger partial charge is 0.152 e. The van der Waals surface area contributed by atoms with E-state index in [0.717, 1.165) is 12.8 Å². The van der Waals surface area contributed by atoms with Gasteiger partial charge in [-0.15, -0.1) is 12.4 Å². The summed E-state index contributed by atoms with van der Waals surface area (Å²) in [4.78, 5) is 4.04. The first-order chi connectivity index (χ1) is 7.72. The number of nitrogens with zero attached hydrogens (tertiary/aromatic N) is 1. The lowest BCUT2D eigenvalue weighted by molar-refractivity contribution is 0.601. The fraction of sp³-hybridized carbons (Fsp3) is 0.308. The molecule has 92 valence electrons. The summed E-state index contributed by atoms with van der Waals surface area (Å²) in [7, 11) is 0. The molecule has 0 aliphatic heterocycles. The fourth-order valence-corrected chi connectivity index (χ4v) is 1.72. The van der Waals surface area contributed by atoms with E-state index in [1.165, 1.54) is 24.4 Å². The van der Waals surface area contributed by atoms with Crippen LogP contribution in [0, 0.1) is 11.6 Å². The number of benzene rings is 1. The van der Waals surface area contributed by atoms with E-state index in [-0.39, 0.29) is 24.0 Å². The maximum atomic E-state index is 13.9. The second kappa shape index (κ2) is 5.92. The van der Waals surface area contributed by atoms with Crippen molar-refractivity contribution < 1.29 is 8.78 Å². The number of rotatable bonds is 3. The van der Waals surface area contributed by atoms with E-state index in [1.807, 2.05) is 6.92 Å². The van der Waals surface area contributed by atoms with Crippen LogP contribution in [0.1, 0.15) is 25.5 Å². The molecule has 0 aliphatic carbocycles. The Labute approximate surface area is 105 Å². The number of fused-ring (bicyclic) bond motifs is 1. The van der Waals surface area contributed by atoms with Crippen molar-refractivity contribution in [2.24, 2.45) is 0 Å². The van der Waals surface area contributed by atoms with Gasteiger partial charge in [0.25, 0.3) is 0 Å². The molecule has 1 heterocycles. The summed E-state index contributed by atoms with van der Waals surface area (Å²) in [5, 5.41) is 0.959. The van der Waals surface area contributed by atoms with Gasteiger partial charge >= 0.3 is 0 Å². The largest absolute Gasteiger partial charge is 0.258 e. The van der Waals surface area contributed by atoms with Crippen LogP contribution < -0.4 is 0 Å². The molecule has 0 spiro atoms. The van der Waals surface area contributed by atoms with Crippen LogP contribution in [0.3, 0.4) is 0 Å². The molecule has 2 rings (SSSR count). The van der Waals surface area contributed by atoms with E-state index in [0.29, 0.717) is 22.9 Å². The van der Waals surface area contributed by atoms with Crippen molar-refractivity contribution in [1.82, 2.24) is 4.98 Å². The van der Waals surface area contributed by atoms with Crippen LogP contribution in [-0.2, 0) is 6.42 Å². The average molecular weight is 258 g/mol. The number of aryl methyl sites for hydroxylation is 1. The van der Waals surface area contributed by atoms with Crippen molar-refractivity contribution in [2.45, 2.75) is 26.2 Å². The van der Waals surface area contributed by atoms with Crippen molar-refractivity contribution in [3.05, 3.63) is 41.7 Å². The van der Waals surface area contributed by atoms with Gasteiger partial charge in [-0.25, -0.2) is 8.78 Å². The summed E-state index contributed by atoms with van der Waals surface area (Å²) >= 11 is 0. The summed E-state index contributed by atoms with van der Waals surface area (Å²) in [5.41, 5.74) is 0.473. The van der Waals surface area contributed by atoms with Crippen LogP contribution >= 0.6 is 12.4 Å². The highest BCUT2D eigenvalue weighted by Crippen LogP contribution is 2.21. The highest BCUT2D eigenvalue weighted by Gasteiger charge is 2.08. The third kappa shape index (κ3) is 2.91. The lowest BCUT2D eigenvalue weighted by Crippen LogP contribution is -1.96. The Balaban J connectivity index is 0.00000144. The Kier molecular flexibility index (Phi) is 4.82. The molecule has 0 bridgehead atoms. The lowest BCUT2D eigenvalue weighted by atomic mass is 10.1. The Morgan fingerprint density at radius 3 is 2.71 bits per heavy atom. The zero-order valence-electron chi connectivity index (χ0n) is 9.54. The summed E-state index contributed by atoms with van der Waals surface area (Å²) in [6.45, 7) is 2.05. The molecular formula is C13H14ClF2N. The van der Waals surface area contributed by atoms with Gasteiger partial charge in [0.15, 0.2) is 5.82 Å². The molecule has 1 aromatic carbocycles. The standard InChI is InChI=1S/C13H13F2N.ClH/c1-2-3-4-12-13(15)11-6-5-10(14)7-9(11)8-16-12;/h5-8H,2-4H2,1H3;1H. The van der Waals surface area contributed by atoms with E-state index in [1.54, 1.807) is 0 Å². The highest BCUT2D eigenvalue weighted by atomic mass is 35.5. The van der Waals surface area contributed by atoms with Crippen LogP contribution in [0.2, 0.25) is 0 Å². The number of hydrogen-bond acceptors (Lipinski definition) is 1.